The van der Waals surface area contributed by atoms with Crippen LogP contribution in [0.4, 0.5) is 0 Å². The molecule has 0 aliphatic carbocycles. The summed E-state index contributed by atoms with van der Waals surface area (Å²) in [7, 11) is -3.28. The molecule has 2 N–H and O–H groups in total. The summed E-state index contributed by atoms with van der Waals surface area (Å²) >= 11 is 0. The first-order chi connectivity index (χ1) is 9.10. The summed E-state index contributed by atoms with van der Waals surface area (Å²) in [5, 5.41) is 17.7. The van der Waals surface area contributed by atoms with Crippen molar-refractivity contribution in [1.82, 2.24) is 4.90 Å². The summed E-state index contributed by atoms with van der Waals surface area (Å²) in [4.78, 5) is 2.16. The lowest BCUT2D eigenvalue weighted by Gasteiger charge is -2.20. The largest absolute Gasteiger partial charge is 0.396 e. The van der Waals surface area contributed by atoms with E-state index in [9.17, 15) is 8.42 Å². The van der Waals surface area contributed by atoms with E-state index < -0.39 is 9.84 Å². The van der Waals surface area contributed by atoms with Crippen molar-refractivity contribution in [2.45, 2.75) is 11.3 Å². The summed E-state index contributed by atoms with van der Waals surface area (Å²) in [5.41, 5.74) is 0. The highest BCUT2D eigenvalue weighted by Crippen LogP contribution is 2.10. The minimum absolute atomic E-state index is 0.0163. The minimum atomic E-state index is -3.28. The monoisotopic (exact) mass is 287 g/mol. The molecule has 1 aromatic rings. The molecule has 19 heavy (non-hydrogen) atoms. The topological polar surface area (TPSA) is 77.8 Å². The van der Waals surface area contributed by atoms with Gasteiger partial charge in [0.1, 0.15) is 0 Å². The lowest BCUT2D eigenvalue weighted by Crippen LogP contribution is -2.33. The molecule has 0 aliphatic heterocycles. The van der Waals surface area contributed by atoms with Gasteiger partial charge in [-0.1, -0.05) is 18.2 Å². The van der Waals surface area contributed by atoms with E-state index in [4.69, 9.17) is 10.2 Å². The Kier molecular flexibility index (Phi) is 7.01. The highest BCUT2D eigenvalue weighted by molar-refractivity contribution is 7.91. The molecule has 0 saturated carbocycles. The number of benzene rings is 1. The SMILES string of the molecule is O=S(=O)(CCN(CCO)CCCO)c1ccccc1. The lowest BCUT2D eigenvalue weighted by atomic mass is 10.4. The van der Waals surface area contributed by atoms with Crippen molar-refractivity contribution in [3.63, 3.8) is 0 Å². The molecular formula is C13H21NO4S. The summed E-state index contributed by atoms with van der Waals surface area (Å²) in [6.07, 6.45) is 0.575. The molecule has 0 fully saturated rings. The molecule has 6 heteroatoms. The Morgan fingerprint density at radius 2 is 1.63 bits per heavy atom. The van der Waals surface area contributed by atoms with Gasteiger partial charge in [-0.2, -0.15) is 0 Å². The Morgan fingerprint density at radius 3 is 2.21 bits per heavy atom. The second-order valence-corrected chi connectivity index (χ2v) is 6.38. The van der Waals surface area contributed by atoms with E-state index in [0.29, 0.717) is 31.0 Å². The van der Waals surface area contributed by atoms with Gasteiger partial charge in [0.25, 0.3) is 0 Å². The van der Waals surface area contributed by atoms with Crippen LogP contribution in [0, 0.1) is 0 Å². The van der Waals surface area contributed by atoms with Gasteiger partial charge in [-0.3, -0.25) is 4.90 Å². The van der Waals surface area contributed by atoms with Crippen LogP contribution >= 0.6 is 0 Å². The van der Waals surface area contributed by atoms with Crippen molar-refractivity contribution in [3.8, 4) is 0 Å². The van der Waals surface area contributed by atoms with Gasteiger partial charge in [0.05, 0.1) is 17.3 Å². The number of nitrogens with zero attached hydrogens (tertiary/aromatic N) is 1. The molecule has 0 bridgehead atoms. The van der Waals surface area contributed by atoms with Gasteiger partial charge in [-0.25, -0.2) is 8.42 Å². The molecule has 108 valence electrons. The van der Waals surface area contributed by atoms with Crippen molar-refractivity contribution < 1.29 is 18.6 Å². The van der Waals surface area contributed by atoms with Gasteiger partial charge < -0.3 is 10.2 Å². The normalized spacial score (nSPS) is 11.9. The molecule has 0 radical (unpaired) electrons. The molecule has 0 heterocycles. The van der Waals surface area contributed by atoms with Crippen molar-refractivity contribution in [2.75, 3.05) is 38.6 Å². The van der Waals surface area contributed by atoms with Gasteiger partial charge in [-0.15, -0.1) is 0 Å². The van der Waals surface area contributed by atoms with Crippen LogP contribution < -0.4 is 0 Å². The van der Waals surface area contributed by atoms with E-state index in [0.717, 1.165) is 0 Å². The second kappa shape index (κ2) is 8.27. The molecule has 1 aromatic carbocycles. The quantitative estimate of drug-likeness (QED) is 0.675. The van der Waals surface area contributed by atoms with Gasteiger partial charge in [0.15, 0.2) is 9.84 Å². The number of aliphatic hydroxyl groups is 2. The Morgan fingerprint density at radius 1 is 0.947 bits per heavy atom. The van der Waals surface area contributed by atoms with Crippen LogP contribution in [0.25, 0.3) is 0 Å². The minimum Gasteiger partial charge on any atom is -0.396 e. The van der Waals surface area contributed by atoms with Gasteiger partial charge >= 0.3 is 0 Å². The van der Waals surface area contributed by atoms with Crippen molar-refractivity contribution >= 4 is 9.84 Å². The van der Waals surface area contributed by atoms with E-state index in [-0.39, 0.29) is 19.0 Å². The van der Waals surface area contributed by atoms with Gasteiger partial charge in [0.2, 0.25) is 0 Å². The van der Waals surface area contributed by atoms with E-state index in [1.54, 1.807) is 30.3 Å². The zero-order chi connectivity index (χ0) is 14.1. The van der Waals surface area contributed by atoms with E-state index in [1.807, 2.05) is 4.90 Å². The van der Waals surface area contributed by atoms with Crippen LogP contribution in [0.5, 0.6) is 0 Å². The number of sulfone groups is 1. The first-order valence-electron chi connectivity index (χ1n) is 6.32. The van der Waals surface area contributed by atoms with Crippen molar-refractivity contribution in [1.29, 1.82) is 0 Å². The van der Waals surface area contributed by atoms with Crippen molar-refractivity contribution in [2.24, 2.45) is 0 Å². The van der Waals surface area contributed by atoms with E-state index in [2.05, 4.69) is 0 Å². The van der Waals surface area contributed by atoms with Crippen LogP contribution in [-0.2, 0) is 9.84 Å². The lowest BCUT2D eigenvalue weighted by molar-refractivity contribution is 0.185. The smallest absolute Gasteiger partial charge is 0.179 e. The Bertz CT molecular complexity index is 447. The Labute approximate surface area is 114 Å². The zero-order valence-corrected chi connectivity index (χ0v) is 11.7. The first-order valence-corrected chi connectivity index (χ1v) is 7.97. The second-order valence-electron chi connectivity index (χ2n) is 4.27. The zero-order valence-electron chi connectivity index (χ0n) is 10.9. The number of rotatable bonds is 9. The molecule has 1 rings (SSSR count). The van der Waals surface area contributed by atoms with Crippen molar-refractivity contribution in [3.05, 3.63) is 30.3 Å². The molecular weight excluding hydrogens is 266 g/mol. The average Bonchev–Trinajstić information content (AvgIpc) is 2.43. The number of hydrogen-bond acceptors (Lipinski definition) is 5. The number of hydrogen-bond donors (Lipinski definition) is 2. The van der Waals surface area contributed by atoms with Gasteiger partial charge in [-0.05, 0) is 18.6 Å². The molecule has 0 aromatic heterocycles. The molecule has 0 aliphatic rings. The Hall–Kier alpha value is -0.950. The molecule has 0 atom stereocenters. The maximum Gasteiger partial charge on any atom is 0.179 e. The summed E-state index contributed by atoms with van der Waals surface area (Å²) < 4.78 is 24.2. The summed E-state index contributed by atoms with van der Waals surface area (Å²) in [5.74, 6) is 0.0163. The van der Waals surface area contributed by atoms with Crippen LogP contribution in [0.1, 0.15) is 6.42 Å². The third-order valence-electron chi connectivity index (χ3n) is 2.83. The fourth-order valence-electron chi connectivity index (χ4n) is 1.77. The molecule has 0 amide bonds. The molecule has 0 saturated heterocycles. The Balaban J connectivity index is 2.57. The summed E-state index contributed by atoms with van der Waals surface area (Å²) in [6, 6.07) is 8.34. The standard InChI is InChI=1S/C13H21NO4S/c15-10-4-7-14(8-11-16)9-12-19(17,18)13-5-2-1-3-6-13/h1-3,5-6,15-16H,4,7-12H2. The molecule has 5 nitrogen and oxygen atoms in total. The predicted molar refractivity (Wildman–Crippen MR) is 73.7 cm³/mol. The maximum absolute atomic E-state index is 12.1. The summed E-state index contributed by atoms with van der Waals surface area (Å²) in [6.45, 7) is 1.41. The first kappa shape index (κ1) is 16.1. The van der Waals surface area contributed by atoms with Crippen LogP contribution in [-0.4, -0.2) is 62.1 Å². The fourth-order valence-corrected chi connectivity index (χ4v) is 3.07. The third kappa shape index (κ3) is 5.69. The number of aliphatic hydroxyl groups excluding tert-OH is 2. The maximum atomic E-state index is 12.1. The van der Waals surface area contributed by atoms with Crippen LogP contribution in [0.3, 0.4) is 0 Å². The molecule has 0 spiro atoms. The van der Waals surface area contributed by atoms with E-state index in [1.165, 1.54) is 0 Å². The average molecular weight is 287 g/mol. The fraction of sp³-hybridized carbons (Fsp3) is 0.538. The van der Waals surface area contributed by atoms with Crippen LogP contribution in [0.15, 0.2) is 35.2 Å². The van der Waals surface area contributed by atoms with E-state index >= 15 is 0 Å². The predicted octanol–water partition coefficient (Wildman–Crippen LogP) is 0.137. The van der Waals surface area contributed by atoms with Crippen LogP contribution in [0.2, 0.25) is 0 Å². The third-order valence-corrected chi connectivity index (χ3v) is 4.54. The highest BCUT2D eigenvalue weighted by Gasteiger charge is 2.15. The molecule has 0 unspecified atom stereocenters. The van der Waals surface area contributed by atoms with Gasteiger partial charge in [0, 0.05) is 26.2 Å². The highest BCUT2D eigenvalue weighted by atomic mass is 32.2.